The Morgan fingerprint density at radius 1 is 1.11 bits per heavy atom. The number of aryl methyl sites for hydroxylation is 1. The van der Waals surface area contributed by atoms with Crippen LogP contribution in [0.15, 0.2) is 48.9 Å². The number of piperidine rings is 1. The van der Waals surface area contributed by atoms with Gasteiger partial charge in [-0.15, -0.1) is 23.7 Å². The lowest BCUT2D eigenvalue weighted by atomic mass is 9.97. The zero-order valence-corrected chi connectivity index (χ0v) is 17.3. The zero-order valence-electron chi connectivity index (χ0n) is 15.6. The summed E-state index contributed by atoms with van der Waals surface area (Å²) in [4.78, 5) is 22.5. The molecule has 0 atom stereocenters. The zero-order chi connectivity index (χ0) is 18.6. The molecule has 1 aliphatic heterocycles. The van der Waals surface area contributed by atoms with Crippen LogP contribution < -0.4 is 10.6 Å². The first-order valence-electron chi connectivity index (χ1n) is 9.19. The van der Waals surface area contributed by atoms with E-state index in [1.165, 1.54) is 10.4 Å². The number of rotatable bonds is 4. The van der Waals surface area contributed by atoms with Gasteiger partial charge >= 0.3 is 0 Å². The number of anilines is 1. The Morgan fingerprint density at radius 3 is 2.61 bits per heavy atom. The summed E-state index contributed by atoms with van der Waals surface area (Å²) in [5, 5.41) is 6.94. The van der Waals surface area contributed by atoms with Gasteiger partial charge in [-0.1, -0.05) is 29.8 Å². The van der Waals surface area contributed by atoms with Crippen molar-refractivity contribution in [2.24, 2.45) is 0 Å². The molecule has 0 unspecified atom stereocenters. The lowest BCUT2D eigenvalue weighted by Gasteiger charge is -2.20. The van der Waals surface area contributed by atoms with E-state index in [1.807, 2.05) is 24.4 Å². The van der Waals surface area contributed by atoms with Gasteiger partial charge in [0.2, 0.25) is 0 Å². The SMILES string of the molecule is Cc1ccc(-c2cncc(C(=O)Nc3ncc(C4CCNCC4)s3)c2)cc1.Cl. The third-order valence-electron chi connectivity index (χ3n) is 4.87. The average molecular weight is 415 g/mol. The van der Waals surface area contributed by atoms with Crippen molar-refractivity contribution in [1.29, 1.82) is 0 Å². The Hall–Kier alpha value is -2.28. The number of amides is 1. The summed E-state index contributed by atoms with van der Waals surface area (Å²) < 4.78 is 0. The molecular formula is C21H23ClN4OS. The molecule has 146 valence electrons. The van der Waals surface area contributed by atoms with Crippen molar-refractivity contribution in [1.82, 2.24) is 15.3 Å². The van der Waals surface area contributed by atoms with Crippen LogP contribution in [0.3, 0.4) is 0 Å². The van der Waals surface area contributed by atoms with Crippen molar-refractivity contribution in [3.63, 3.8) is 0 Å². The monoisotopic (exact) mass is 414 g/mol. The van der Waals surface area contributed by atoms with E-state index in [1.54, 1.807) is 23.7 Å². The number of carbonyl (C=O) groups excluding carboxylic acids is 1. The lowest BCUT2D eigenvalue weighted by Crippen LogP contribution is -2.26. The molecule has 7 heteroatoms. The molecule has 0 radical (unpaired) electrons. The van der Waals surface area contributed by atoms with Crippen molar-refractivity contribution in [3.05, 3.63) is 64.9 Å². The number of aromatic nitrogens is 2. The highest BCUT2D eigenvalue weighted by molar-refractivity contribution is 7.15. The van der Waals surface area contributed by atoms with E-state index in [-0.39, 0.29) is 18.3 Å². The molecule has 0 saturated carbocycles. The minimum Gasteiger partial charge on any atom is -0.317 e. The molecule has 0 aliphatic carbocycles. The highest BCUT2D eigenvalue weighted by Crippen LogP contribution is 2.32. The number of nitrogens with zero attached hydrogens (tertiary/aromatic N) is 2. The number of halogens is 1. The average Bonchev–Trinajstić information content (AvgIpc) is 3.18. The van der Waals surface area contributed by atoms with Gasteiger partial charge in [-0.2, -0.15) is 0 Å². The van der Waals surface area contributed by atoms with Crippen LogP contribution >= 0.6 is 23.7 Å². The fourth-order valence-corrected chi connectivity index (χ4v) is 4.26. The summed E-state index contributed by atoms with van der Waals surface area (Å²) in [6.07, 6.45) is 7.52. The van der Waals surface area contributed by atoms with Crippen LogP contribution in [-0.2, 0) is 0 Å². The molecule has 5 nitrogen and oxygen atoms in total. The molecule has 1 aromatic carbocycles. The normalized spacial score (nSPS) is 14.3. The topological polar surface area (TPSA) is 66.9 Å². The third-order valence-corrected chi connectivity index (χ3v) is 5.95. The van der Waals surface area contributed by atoms with Gasteiger partial charge in [-0.25, -0.2) is 4.98 Å². The van der Waals surface area contributed by atoms with E-state index >= 15 is 0 Å². The molecule has 3 heterocycles. The summed E-state index contributed by atoms with van der Waals surface area (Å²) in [5.74, 6) is 0.364. The maximum atomic E-state index is 12.6. The second kappa shape index (κ2) is 9.28. The predicted molar refractivity (Wildman–Crippen MR) is 117 cm³/mol. The first-order valence-corrected chi connectivity index (χ1v) is 10.0. The Balaban J connectivity index is 0.00000225. The molecule has 0 bridgehead atoms. The van der Waals surface area contributed by atoms with E-state index in [4.69, 9.17) is 0 Å². The molecule has 1 amide bonds. The quantitative estimate of drug-likeness (QED) is 0.651. The van der Waals surface area contributed by atoms with Crippen molar-refractivity contribution in [2.75, 3.05) is 18.4 Å². The van der Waals surface area contributed by atoms with Gasteiger partial charge in [0.25, 0.3) is 5.91 Å². The third kappa shape index (κ3) is 4.76. The molecular weight excluding hydrogens is 392 g/mol. The van der Waals surface area contributed by atoms with E-state index in [9.17, 15) is 4.79 Å². The molecule has 2 N–H and O–H groups in total. The van der Waals surface area contributed by atoms with Gasteiger partial charge in [0.1, 0.15) is 0 Å². The van der Waals surface area contributed by atoms with E-state index in [0.29, 0.717) is 16.6 Å². The van der Waals surface area contributed by atoms with Crippen molar-refractivity contribution >= 4 is 34.8 Å². The van der Waals surface area contributed by atoms with Crippen LogP contribution in [-0.4, -0.2) is 29.0 Å². The van der Waals surface area contributed by atoms with Crippen molar-refractivity contribution < 1.29 is 4.79 Å². The summed E-state index contributed by atoms with van der Waals surface area (Å²) in [7, 11) is 0. The maximum Gasteiger partial charge on any atom is 0.259 e. The predicted octanol–water partition coefficient (Wildman–Crippen LogP) is 4.65. The van der Waals surface area contributed by atoms with Crippen LogP contribution in [0.4, 0.5) is 5.13 Å². The molecule has 2 aromatic heterocycles. The van der Waals surface area contributed by atoms with Crippen molar-refractivity contribution in [2.45, 2.75) is 25.7 Å². The molecule has 1 fully saturated rings. The van der Waals surface area contributed by atoms with Gasteiger partial charge in [-0.05, 0) is 50.4 Å². The van der Waals surface area contributed by atoms with Gasteiger partial charge in [-0.3, -0.25) is 15.1 Å². The van der Waals surface area contributed by atoms with Gasteiger partial charge < -0.3 is 5.32 Å². The van der Waals surface area contributed by atoms with Crippen LogP contribution in [0, 0.1) is 6.92 Å². The van der Waals surface area contributed by atoms with Crippen molar-refractivity contribution in [3.8, 4) is 11.1 Å². The Morgan fingerprint density at radius 2 is 1.86 bits per heavy atom. The number of thiazole rings is 1. The standard InChI is InChI=1S/C21H22N4OS.ClH/c1-14-2-4-15(5-3-14)17-10-18(12-23-11-17)20(26)25-21-24-13-19(27-21)16-6-8-22-9-7-16;/h2-5,10-13,16,22H,6-9H2,1H3,(H,24,25,26);1H. The molecule has 4 rings (SSSR count). The number of hydrogen-bond acceptors (Lipinski definition) is 5. The van der Waals surface area contributed by atoms with Crippen LogP contribution in [0.1, 0.15) is 39.6 Å². The van der Waals surface area contributed by atoms with E-state index in [0.717, 1.165) is 37.1 Å². The molecule has 3 aromatic rings. The first kappa shape index (κ1) is 20.5. The minimum absolute atomic E-state index is 0. The number of carbonyl (C=O) groups is 1. The summed E-state index contributed by atoms with van der Waals surface area (Å²) in [6, 6.07) is 10.1. The highest BCUT2D eigenvalue weighted by atomic mass is 35.5. The lowest BCUT2D eigenvalue weighted by molar-refractivity contribution is 0.102. The van der Waals surface area contributed by atoms with Gasteiger partial charge in [0.05, 0.1) is 5.56 Å². The van der Waals surface area contributed by atoms with Gasteiger partial charge in [0.15, 0.2) is 5.13 Å². The van der Waals surface area contributed by atoms with E-state index in [2.05, 4.69) is 39.7 Å². The second-order valence-corrected chi connectivity index (χ2v) is 7.94. The maximum absolute atomic E-state index is 12.6. The molecule has 28 heavy (non-hydrogen) atoms. The van der Waals surface area contributed by atoms with Crippen LogP contribution in [0.5, 0.6) is 0 Å². The van der Waals surface area contributed by atoms with Gasteiger partial charge in [0, 0.05) is 29.0 Å². The summed E-state index contributed by atoms with van der Waals surface area (Å²) >= 11 is 1.57. The first-order chi connectivity index (χ1) is 13.2. The summed E-state index contributed by atoms with van der Waals surface area (Å²) in [6.45, 7) is 4.14. The fraction of sp³-hybridized carbons (Fsp3) is 0.286. The molecule has 0 spiro atoms. The van der Waals surface area contributed by atoms with Crippen LogP contribution in [0.25, 0.3) is 11.1 Å². The minimum atomic E-state index is -0.178. The van der Waals surface area contributed by atoms with Crippen LogP contribution in [0.2, 0.25) is 0 Å². The number of pyridine rings is 1. The molecule has 1 aliphatic rings. The molecule has 1 saturated heterocycles. The smallest absolute Gasteiger partial charge is 0.259 e. The number of hydrogen-bond donors (Lipinski definition) is 2. The highest BCUT2D eigenvalue weighted by Gasteiger charge is 2.18. The second-order valence-electron chi connectivity index (χ2n) is 6.87. The Kier molecular flexibility index (Phi) is 6.78. The fourth-order valence-electron chi connectivity index (χ4n) is 3.28. The largest absolute Gasteiger partial charge is 0.317 e. The Bertz CT molecular complexity index is 936. The summed E-state index contributed by atoms with van der Waals surface area (Å²) in [5.41, 5.74) is 3.71. The number of benzene rings is 1. The Labute approximate surface area is 175 Å². The van der Waals surface area contributed by atoms with E-state index < -0.39 is 0 Å². The number of nitrogens with one attached hydrogen (secondary N) is 2.